The Kier molecular flexibility index (Phi) is 2.58. The largest absolute Gasteiger partial charge is 0.458 e. The van der Waals surface area contributed by atoms with Gasteiger partial charge in [-0.25, -0.2) is 0 Å². The topological polar surface area (TPSA) is 73.6 Å². The standard InChI is InChI=1S/C10H9F3N2O4/c11-10(12,13)4-2-15-7-1-5(6(3-16)18-7)19-9(15)14-8(4)17/h2,5-7,16H,1,3H2/t5-,6-,7-/m1/s1. The van der Waals surface area contributed by atoms with Crippen LogP contribution in [0.4, 0.5) is 13.2 Å². The van der Waals surface area contributed by atoms with Crippen LogP contribution in [0.3, 0.4) is 0 Å². The number of hydrogen-bond acceptors (Lipinski definition) is 5. The number of rotatable bonds is 1. The van der Waals surface area contributed by atoms with Crippen molar-refractivity contribution in [3.05, 3.63) is 22.1 Å². The molecule has 0 saturated carbocycles. The summed E-state index contributed by atoms with van der Waals surface area (Å²) >= 11 is 0. The lowest BCUT2D eigenvalue weighted by atomic mass is 10.1. The van der Waals surface area contributed by atoms with Gasteiger partial charge in [-0.15, -0.1) is 0 Å². The highest BCUT2D eigenvalue weighted by atomic mass is 19.4. The second-order valence-corrected chi connectivity index (χ2v) is 4.35. The lowest BCUT2D eigenvalue weighted by Gasteiger charge is -2.24. The fourth-order valence-electron chi connectivity index (χ4n) is 2.24. The Balaban J connectivity index is 2.07. The van der Waals surface area contributed by atoms with E-state index in [9.17, 15) is 18.0 Å². The summed E-state index contributed by atoms with van der Waals surface area (Å²) < 4.78 is 49.5. The first kappa shape index (κ1) is 12.4. The summed E-state index contributed by atoms with van der Waals surface area (Å²) in [5.41, 5.74) is -2.75. The van der Waals surface area contributed by atoms with Gasteiger partial charge in [0.05, 0.1) is 6.61 Å². The first-order valence-corrected chi connectivity index (χ1v) is 5.53. The van der Waals surface area contributed by atoms with Crippen molar-refractivity contribution in [1.29, 1.82) is 0 Å². The molecule has 1 aromatic rings. The van der Waals surface area contributed by atoms with Crippen molar-refractivity contribution in [1.82, 2.24) is 9.55 Å². The lowest BCUT2D eigenvalue weighted by molar-refractivity contribution is -0.139. The maximum atomic E-state index is 12.6. The summed E-state index contributed by atoms with van der Waals surface area (Å²) in [7, 11) is 0. The van der Waals surface area contributed by atoms with Crippen molar-refractivity contribution >= 4 is 0 Å². The van der Waals surface area contributed by atoms with E-state index < -0.39 is 35.7 Å². The number of ether oxygens (including phenoxy) is 2. The van der Waals surface area contributed by atoms with Gasteiger partial charge in [-0.3, -0.25) is 9.36 Å². The molecule has 6 nitrogen and oxygen atoms in total. The van der Waals surface area contributed by atoms with E-state index in [-0.39, 0.29) is 12.6 Å². The summed E-state index contributed by atoms with van der Waals surface area (Å²) in [5.74, 6) is 0. The first-order chi connectivity index (χ1) is 8.90. The van der Waals surface area contributed by atoms with E-state index in [2.05, 4.69) is 4.98 Å². The molecule has 3 atom stereocenters. The molecule has 0 aromatic carbocycles. The predicted octanol–water partition coefficient (Wildman–Crippen LogP) is 0.303. The van der Waals surface area contributed by atoms with Crippen LogP contribution in [0.2, 0.25) is 0 Å². The van der Waals surface area contributed by atoms with E-state index in [1.165, 1.54) is 0 Å². The summed E-state index contributed by atoms with van der Waals surface area (Å²) in [6, 6.07) is -0.213. The number of nitrogens with zero attached hydrogens (tertiary/aromatic N) is 2. The van der Waals surface area contributed by atoms with E-state index in [0.717, 1.165) is 4.57 Å². The molecule has 104 valence electrons. The normalized spacial score (nSPS) is 28.9. The van der Waals surface area contributed by atoms with Crippen molar-refractivity contribution < 1.29 is 27.8 Å². The van der Waals surface area contributed by atoms with Crippen LogP contribution in [0.15, 0.2) is 11.0 Å². The minimum absolute atomic E-state index is 0.213. The van der Waals surface area contributed by atoms with Crippen LogP contribution < -0.4 is 10.3 Å². The van der Waals surface area contributed by atoms with Gasteiger partial charge in [-0.05, 0) is 0 Å². The maximum Gasteiger partial charge on any atom is 0.423 e. The quantitative estimate of drug-likeness (QED) is 0.800. The Hall–Kier alpha value is -1.61. The molecule has 1 N–H and O–H groups in total. The van der Waals surface area contributed by atoms with Gasteiger partial charge in [0.15, 0.2) is 0 Å². The molecule has 1 saturated heterocycles. The molecule has 2 aliphatic heterocycles. The van der Waals surface area contributed by atoms with Crippen LogP contribution in [0.1, 0.15) is 18.2 Å². The molecule has 3 heterocycles. The Bertz CT molecular complexity index is 571. The summed E-state index contributed by atoms with van der Waals surface area (Å²) in [6.45, 7) is -0.313. The molecule has 0 aliphatic carbocycles. The molecule has 9 heteroatoms. The number of aromatic nitrogens is 2. The Morgan fingerprint density at radius 3 is 2.89 bits per heavy atom. The van der Waals surface area contributed by atoms with E-state index in [0.29, 0.717) is 12.6 Å². The van der Waals surface area contributed by atoms with Crippen molar-refractivity contribution in [2.45, 2.75) is 31.0 Å². The van der Waals surface area contributed by atoms with Crippen LogP contribution >= 0.6 is 0 Å². The Labute approximate surface area is 104 Å². The second-order valence-electron chi connectivity index (χ2n) is 4.35. The highest BCUT2D eigenvalue weighted by Crippen LogP contribution is 2.38. The fraction of sp³-hybridized carbons (Fsp3) is 0.600. The van der Waals surface area contributed by atoms with Crippen molar-refractivity contribution in [3.8, 4) is 6.01 Å². The third kappa shape index (κ3) is 1.89. The maximum absolute atomic E-state index is 12.6. The molecule has 1 aromatic heterocycles. The van der Waals surface area contributed by atoms with Crippen LogP contribution in [0, 0.1) is 0 Å². The van der Waals surface area contributed by atoms with E-state index in [1.807, 2.05) is 0 Å². The molecule has 0 spiro atoms. The summed E-state index contributed by atoms with van der Waals surface area (Å²) in [5, 5.41) is 9.05. The SMILES string of the molecule is O=c1nc2n(cc1C(F)(F)F)[C@H]1C[C@@H](O2)[C@@H](CO)O1. The van der Waals surface area contributed by atoms with Crippen LogP contribution in [0.25, 0.3) is 0 Å². The lowest BCUT2D eigenvalue weighted by Crippen LogP contribution is -2.34. The molecule has 19 heavy (non-hydrogen) atoms. The highest BCUT2D eigenvalue weighted by molar-refractivity contribution is 5.16. The predicted molar refractivity (Wildman–Crippen MR) is 53.5 cm³/mol. The molecule has 0 amide bonds. The van der Waals surface area contributed by atoms with Crippen LogP contribution in [-0.4, -0.2) is 33.5 Å². The van der Waals surface area contributed by atoms with Gasteiger partial charge in [-0.1, -0.05) is 0 Å². The molecular formula is C10H9F3N2O4. The number of aliphatic hydroxyl groups is 1. The third-order valence-electron chi connectivity index (χ3n) is 3.15. The van der Waals surface area contributed by atoms with E-state index >= 15 is 0 Å². The average molecular weight is 278 g/mol. The van der Waals surface area contributed by atoms with Gasteiger partial charge in [0.2, 0.25) is 0 Å². The zero-order chi connectivity index (χ0) is 13.8. The molecular weight excluding hydrogens is 269 g/mol. The molecule has 0 radical (unpaired) electrons. The number of fused-ring (bicyclic) bond motifs is 4. The smallest absolute Gasteiger partial charge is 0.423 e. The summed E-state index contributed by atoms with van der Waals surface area (Å²) in [4.78, 5) is 14.6. The highest BCUT2D eigenvalue weighted by Gasteiger charge is 2.44. The number of hydrogen-bond donors (Lipinski definition) is 1. The van der Waals surface area contributed by atoms with Crippen LogP contribution in [-0.2, 0) is 10.9 Å². The molecule has 0 unspecified atom stereocenters. The number of alkyl halides is 3. The second kappa shape index (κ2) is 3.94. The Morgan fingerprint density at radius 2 is 2.26 bits per heavy atom. The van der Waals surface area contributed by atoms with E-state index in [1.54, 1.807) is 0 Å². The van der Waals surface area contributed by atoms with Gasteiger partial charge < -0.3 is 14.6 Å². The molecule has 1 fully saturated rings. The van der Waals surface area contributed by atoms with Crippen molar-refractivity contribution in [3.63, 3.8) is 0 Å². The van der Waals surface area contributed by atoms with Gasteiger partial charge in [0.1, 0.15) is 24.0 Å². The zero-order valence-corrected chi connectivity index (χ0v) is 9.42. The van der Waals surface area contributed by atoms with Gasteiger partial charge >= 0.3 is 12.2 Å². The average Bonchev–Trinajstić information content (AvgIpc) is 2.65. The molecule has 3 rings (SSSR count). The number of aliphatic hydroxyl groups excluding tert-OH is 1. The van der Waals surface area contributed by atoms with Gasteiger partial charge in [0.25, 0.3) is 5.56 Å². The minimum atomic E-state index is -4.78. The fourth-order valence-corrected chi connectivity index (χ4v) is 2.24. The first-order valence-electron chi connectivity index (χ1n) is 5.53. The van der Waals surface area contributed by atoms with Gasteiger partial charge in [-0.2, -0.15) is 18.2 Å². The molecule has 2 bridgehead atoms. The van der Waals surface area contributed by atoms with Crippen molar-refractivity contribution in [2.24, 2.45) is 0 Å². The Morgan fingerprint density at radius 1 is 1.53 bits per heavy atom. The van der Waals surface area contributed by atoms with Crippen molar-refractivity contribution in [2.75, 3.05) is 6.61 Å². The van der Waals surface area contributed by atoms with Gasteiger partial charge in [0, 0.05) is 12.6 Å². The van der Waals surface area contributed by atoms with E-state index in [4.69, 9.17) is 14.6 Å². The monoisotopic (exact) mass is 278 g/mol. The summed E-state index contributed by atoms with van der Waals surface area (Å²) in [6.07, 6.45) is -5.67. The third-order valence-corrected chi connectivity index (χ3v) is 3.15. The van der Waals surface area contributed by atoms with Crippen LogP contribution in [0.5, 0.6) is 6.01 Å². The number of halogens is 3. The molecule has 2 aliphatic rings. The minimum Gasteiger partial charge on any atom is -0.458 e. The zero-order valence-electron chi connectivity index (χ0n) is 9.42.